The maximum atomic E-state index is 12.1. The van der Waals surface area contributed by atoms with Crippen LogP contribution in [-0.4, -0.2) is 53.8 Å². The molecule has 0 saturated carbocycles. The Morgan fingerprint density at radius 2 is 2.17 bits per heavy atom. The summed E-state index contributed by atoms with van der Waals surface area (Å²) in [7, 11) is 0. The maximum Gasteiger partial charge on any atom is 0.326 e. The van der Waals surface area contributed by atoms with Crippen molar-refractivity contribution in [3.05, 3.63) is 0 Å². The first kappa shape index (κ1) is 14.8. The van der Waals surface area contributed by atoms with Gasteiger partial charge in [-0.3, -0.25) is 0 Å². The van der Waals surface area contributed by atoms with Gasteiger partial charge in [-0.25, -0.2) is 9.59 Å². The number of amides is 2. The second kappa shape index (κ2) is 6.58. The van der Waals surface area contributed by atoms with Crippen LogP contribution < -0.4 is 5.32 Å². The van der Waals surface area contributed by atoms with Crippen molar-refractivity contribution in [3.8, 4) is 0 Å². The van der Waals surface area contributed by atoms with Crippen LogP contribution in [0.4, 0.5) is 4.79 Å². The summed E-state index contributed by atoms with van der Waals surface area (Å²) in [5, 5.41) is 11.6. The number of urea groups is 1. The van der Waals surface area contributed by atoms with Crippen LogP contribution in [0.3, 0.4) is 0 Å². The van der Waals surface area contributed by atoms with E-state index in [4.69, 9.17) is 9.84 Å². The molecule has 0 aliphatic carbocycles. The smallest absolute Gasteiger partial charge is 0.326 e. The second-order valence-electron chi connectivity index (χ2n) is 4.84. The molecular weight excluding hydrogens is 236 g/mol. The molecule has 1 aliphatic heterocycles. The van der Waals surface area contributed by atoms with Gasteiger partial charge in [0.25, 0.3) is 0 Å². The zero-order valence-corrected chi connectivity index (χ0v) is 11.2. The molecule has 0 bridgehead atoms. The number of nitrogens with one attached hydrogen (secondary N) is 1. The van der Waals surface area contributed by atoms with E-state index >= 15 is 0 Å². The summed E-state index contributed by atoms with van der Waals surface area (Å²) >= 11 is 0. The Labute approximate surface area is 107 Å². The average molecular weight is 258 g/mol. The molecule has 2 N–H and O–H groups in total. The third-order valence-corrected chi connectivity index (χ3v) is 3.17. The van der Waals surface area contributed by atoms with Crippen molar-refractivity contribution in [1.29, 1.82) is 0 Å². The molecule has 0 spiro atoms. The van der Waals surface area contributed by atoms with Gasteiger partial charge in [-0.2, -0.15) is 0 Å². The monoisotopic (exact) mass is 258 g/mol. The van der Waals surface area contributed by atoms with Gasteiger partial charge in [-0.1, -0.05) is 20.8 Å². The van der Waals surface area contributed by atoms with Gasteiger partial charge in [0.15, 0.2) is 0 Å². The van der Waals surface area contributed by atoms with Gasteiger partial charge in [0.2, 0.25) is 0 Å². The highest BCUT2D eigenvalue weighted by atomic mass is 16.5. The SMILES string of the molecule is CCC1COCCN1C(=O)NC(C(=O)O)C(C)C. The largest absolute Gasteiger partial charge is 0.480 e. The highest BCUT2D eigenvalue weighted by Gasteiger charge is 2.30. The predicted octanol–water partition coefficient (Wildman–Crippen LogP) is 0.916. The van der Waals surface area contributed by atoms with E-state index in [1.807, 2.05) is 6.92 Å². The van der Waals surface area contributed by atoms with Crippen molar-refractivity contribution in [2.45, 2.75) is 39.3 Å². The molecule has 1 rings (SSSR count). The lowest BCUT2D eigenvalue weighted by Crippen LogP contribution is -2.56. The maximum absolute atomic E-state index is 12.1. The highest BCUT2D eigenvalue weighted by Crippen LogP contribution is 2.11. The summed E-state index contributed by atoms with van der Waals surface area (Å²) in [4.78, 5) is 24.8. The molecule has 0 aromatic rings. The van der Waals surface area contributed by atoms with E-state index in [0.29, 0.717) is 19.8 Å². The molecule has 1 saturated heterocycles. The topological polar surface area (TPSA) is 78.9 Å². The zero-order valence-electron chi connectivity index (χ0n) is 11.2. The second-order valence-corrected chi connectivity index (χ2v) is 4.84. The van der Waals surface area contributed by atoms with E-state index in [1.165, 1.54) is 0 Å². The van der Waals surface area contributed by atoms with Gasteiger partial charge in [0, 0.05) is 6.54 Å². The van der Waals surface area contributed by atoms with Gasteiger partial charge in [-0.15, -0.1) is 0 Å². The molecule has 2 atom stereocenters. The molecule has 18 heavy (non-hydrogen) atoms. The Hall–Kier alpha value is -1.30. The van der Waals surface area contributed by atoms with Crippen LogP contribution >= 0.6 is 0 Å². The van der Waals surface area contributed by atoms with E-state index in [0.717, 1.165) is 6.42 Å². The summed E-state index contributed by atoms with van der Waals surface area (Å²) in [6.07, 6.45) is 0.798. The fourth-order valence-corrected chi connectivity index (χ4v) is 1.99. The summed E-state index contributed by atoms with van der Waals surface area (Å²) in [6, 6.07) is -1.13. The Morgan fingerprint density at radius 1 is 1.50 bits per heavy atom. The molecule has 1 aliphatic rings. The fraction of sp³-hybridized carbons (Fsp3) is 0.833. The molecule has 1 heterocycles. The number of ether oxygens (including phenoxy) is 1. The van der Waals surface area contributed by atoms with Crippen molar-refractivity contribution < 1.29 is 19.4 Å². The minimum Gasteiger partial charge on any atom is -0.480 e. The molecule has 104 valence electrons. The quantitative estimate of drug-likeness (QED) is 0.785. The number of carboxylic acid groups (broad SMARTS) is 1. The average Bonchev–Trinajstić information content (AvgIpc) is 2.34. The van der Waals surface area contributed by atoms with Crippen LogP contribution in [0.25, 0.3) is 0 Å². The number of hydrogen-bond donors (Lipinski definition) is 2. The summed E-state index contributed by atoms with van der Waals surface area (Å²) in [6.45, 7) is 7.06. The lowest BCUT2D eigenvalue weighted by molar-refractivity contribution is -0.140. The Balaban J connectivity index is 2.64. The third kappa shape index (κ3) is 3.60. The first-order valence-electron chi connectivity index (χ1n) is 6.35. The fourth-order valence-electron chi connectivity index (χ4n) is 1.99. The van der Waals surface area contributed by atoms with Crippen molar-refractivity contribution >= 4 is 12.0 Å². The van der Waals surface area contributed by atoms with E-state index in [2.05, 4.69) is 5.32 Å². The van der Waals surface area contributed by atoms with E-state index < -0.39 is 12.0 Å². The van der Waals surface area contributed by atoms with Crippen LogP contribution in [0.5, 0.6) is 0 Å². The van der Waals surface area contributed by atoms with Crippen molar-refractivity contribution in [2.75, 3.05) is 19.8 Å². The third-order valence-electron chi connectivity index (χ3n) is 3.17. The number of hydrogen-bond acceptors (Lipinski definition) is 3. The molecule has 6 nitrogen and oxygen atoms in total. The van der Waals surface area contributed by atoms with Gasteiger partial charge >= 0.3 is 12.0 Å². The molecule has 2 unspecified atom stereocenters. The van der Waals surface area contributed by atoms with Gasteiger partial charge in [0.05, 0.1) is 19.3 Å². The first-order chi connectivity index (χ1) is 8.47. The van der Waals surface area contributed by atoms with Crippen molar-refractivity contribution in [1.82, 2.24) is 10.2 Å². The van der Waals surface area contributed by atoms with Gasteiger partial charge in [-0.05, 0) is 12.3 Å². The van der Waals surface area contributed by atoms with Crippen molar-refractivity contribution in [3.63, 3.8) is 0 Å². The van der Waals surface area contributed by atoms with Crippen molar-refractivity contribution in [2.24, 2.45) is 5.92 Å². The zero-order chi connectivity index (χ0) is 13.7. The standard InChI is InChI=1S/C12H22N2O4/c1-4-9-7-18-6-5-14(9)12(17)13-10(8(2)3)11(15)16/h8-10H,4-7H2,1-3H3,(H,13,17)(H,15,16). The van der Waals surface area contributed by atoms with E-state index in [1.54, 1.807) is 18.7 Å². The molecular formula is C12H22N2O4. The molecule has 1 fully saturated rings. The minimum atomic E-state index is -1.00. The van der Waals surface area contributed by atoms with Crippen LogP contribution in [0.1, 0.15) is 27.2 Å². The summed E-state index contributed by atoms with van der Waals surface area (Å²) < 4.78 is 5.32. The molecule has 2 amide bonds. The molecule has 0 aromatic carbocycles. The Morgan fingerprint density at radius 3 is 2.67 bits per heavy atom. The number of aliphatic carboxylic acids is 1. The normalized spacial score (nSPS) is 21.8. The van der Waals surface area contributed by atoms with Gasteiger partial charge in [0.1, 0.15) is 6.04 Å². The molecule has 0 radical (unpaired) electrons. The predicted molar refractivity (Wildman–Crippen MR) is 66.4 cm³/mol. The number of morpholine rings is 1. The van der Waals surface area contributed by atoms with Crippen LogP contribution in [0.15, 0.2) is 0 Å². The highest BCUT2D eigenvalue weighted by molar-refractivity contribution is 5.83. The number of rotatable bonds is 4. The van der Waals surface area contributed by atoms with Crippen LogP contribution in [0.2, 0.25) is 0 Å². The van der Waals surface area contributed by atoms with Crippen LogP contribution in [0, 0.1) is 5.92 Å². The lowest BCUT2D eigenvalue weighted by Gasteiger charge is -2.36. The minimum absolute atomic E-state index is 0.0281. The summed E-state index contributed by atoms with van der Waals surface area (Å²) in [5.41, 5.74) is 0. The van der Waals surface area contributed by atoms with Crippen LogP contribution in [-0.2, 0) is 9.53 Å². The number of carboxylic acids is 1. The number of carbonyl (C=O) groups is 2. The summed E-state index contributed by atoms with van der Waals surface area (Å²) in [5.74, 6) is -1.15. The number of nitrogens with zero attached hydrogens (tertiary/aromatic N) is 1. The molecule has 6 heteroatoms. The number of carbonyl (C=O) groups excluding carboxylic acids is 1. The Kier molecular flexibility index (Phi) is 5.40. The van der Waals surface area contributed by atoms with E-state index in [-0.39, 0.29) is 18.0 Å². The Bertz CT molecular complexity index is 306. The lowest BCUT2D eigenvalue weighted by atomic mass is 10.1. The van der Waals surface area contributed by atoms with Gasteiger partial charge < -0.3 is 20.1 Å². The van der Waals surface area contributed by atoms with E-state index in [9.17, 15) is 9.59 Å². The first-order valence-corrected chi connectivity index (χ1v) is 6.35. The molecule has 0 aromatic heterocycles.